The number of anilines is 2. The van der Waals surface area contributed by atoms with E-state index in [-0.39, 0.29) is 23.7 Å². The van der Waals surface area contributed by atoms with Crippen molar-refractivity contribution >= 4 is 44.2 Å². The monoisotopic (exact) mass is 415 g/mol. The van der Waals surface area contributed by atoms with E-state index in [1.165, 1.54) is 30.0 Å². The van der Waals surface area contributed by atoms with Crippen molar-refractivity contribution in [3.63, 3.8) is 0 Å². The number of imidazole rings is 1. The highest BCUT2D eigenvalue weighted by Gasteiger charge is 2.20. The fraction of sp³-hybridized carbons (Fsp3) is 0.211. The van der Waals surface area contributed by atoms with E-state index >= 15 is 0 Å². The highest BCUT2D eigenvalue weighted by Crippen LogP contribution is 2.24. The lowest BCUT2D eigenvalue weighted by molar-refractivity contribution is -0.114. The first-order chi connectivity index (χ1) is 13.6. The summed E-state index contributed by atoms with van der Waals surface area (Å²) in [7, 11) is -2.01. The van der Waals surface area contributed by atoms with Gasteiger partial charge in [-0.15, -0.1) is 0 Å². The largest absolute Gasteiger partial charge is 0.340 e. The molecule has 0 atom stereocenters. The lowest BCUT2D eigenvalue weighted by Crippen LogP contribution is -2.28. The summed E-state index contributed by atoms with van der Waals surface area (Å²) in [5, 5.41) is 2.59. The van der Waals surface area contributed by atoms with Crippen LogP contribution in [0.4, 0.5) is 11.4 Å². The van der Waals surface area contributed by atoms with Crippen LogP contribution in [0.25, 0.3) is 11.0 Å². The lowest BCUT2D eigenvalue weighted by atomic mass is 10.1. The highest BCUT2D eigenvalue weighted by atomic mass is 32.2. The molecule has 2 amide bonds. The zero-order valence-electron chi connectivity index (χ0n) is 16.2. The molecule has 3 aromatic rings. The topological polar surface area (TPSA) is 124 Å². The minimum Gasteiger partial charge on any atom is -0.340 e. The van der Waals surface area contributed by atoms with E-state index in [1.54, 1.807) is 7.05 Å². The Kier molecular flexibility index (Phi) is 5.55. The van der Waals surface area contributed by atoms with Crippen LogP contribution in [0.15, 0.2) is 42.5 Å². The Labute approximate surface area is 168 Å². The van der Waals surface area contributed by atoms with Gasteiger partial charge in [0.05, 0.1) is 35.1 Å². The number of aromatic amines is 1. The zero-order valence-corrected chi connectivity index (χ0v) is 17.0. The van der Waals surface area contributed by atoms with Crippen molar-refractivity contribution in [1.82, 2.24) is 14.9 Å². The number of nitrogens with zero attached hydrogens (tertiary/aromatic N) is 2. The number of carbonyl (C=O) groups is 2. The van der Waals surface area contributed by atoms with Crippen LogP contribution in [0.2, 0.25) is 0 Å². The number of H-pyrrole nitrogens is 1. The third kappa shape index (κ3) is 5.11. The number of carbonyl (C=O) groups excluding carboxylic acids is 2. The molecular formula is C19H21N5O4S. The quantitative estimate of drug-likeness (QED) is 0.569. The SMILES string of the molecule is CC(=O)Nc1ccc(NS(C)(=O)=O)c(C(=O)N(C)Cc2nc3ccccc3[nH]2)c1. The Morgan fingerprint density at radius 2 is 1.90 bits per heavy atom. The van der Waals surface area contributed by atoms with Gasteiger partial charge in [-0.25, -0.2) is 13.4 Å². The molecule has 0 aliphatic carbocycles. The summed E-state index contributed by atoms with van der Waals surface area (Å²) in [6.07, 6.45) is 1.00. The van der Waals surface area contributed by atoms with Crippen molar-refractivity contribution in [3.8, 4) is 0 Å². The molecule has 2 aromatic carbocycles. The number of sulfonamides is 1. The maximum absolute atomic E-state index is 13.0. The number of rotatable bonds is 6. The van der Waals surface area contributed by atoms with Crippen LogP contribution in [-0.2, 0) is 21.4 Å². The third-order valence-electron chi connectivity index (χ3n) is 4.04. The molecule has 3 N–H and O–H groups in total. The van der Waals surface area contributed by atoms with E-state index in [2.05, 4.69) is 20.0 Å². The van der Waals surface area contributed by atoms with Crippen molar-refractivity contribution < 1.29 is 18.0 Å². The summed E-state index contributed by atoms with van der Waals surface area (Å²) in [5.41, 5.74) is 2.27. The molecule has 9 nitrogen and oxygen atoms in total. The van der Waals surface area contributed by atoms with E-state index in [9.17, 15) is 18.0 Å². The van der Waals surface area contributed by atoms with Crippen molar-refractivity contribution in [3.05, 3.63) is 53.9 Å². The van der Waals surface area contributed by atoms with Crippen LogP contribution in [0, 0.1) is 0 Å². The normalized spacial score (nSPS) is 11.3. The van der Waals surface area contributed by atoms with E-state index in [4.69, 9.17) is 0 Å². The molecule has 0 bridgehead atoms. The van der Waals surface area contributed by atoms with Crippen LogP contribution < -0.4 is 10.0 Å². The third-order valence-corrected chi connectivity index (χ3v) is 4.63. The van der Waals surface area contributed by atoms with Gasteiger partial charge in [-0.2, -0.15) is 0 Å². The van der Waals surface area contributed by atoms with Gasteiger partial charge < -0.3 is 15.2 Å². The molecule has 0 aliphatic rings. The van der Waals surface area contributed by atoms with Crippen molar-refractivity contribution in [2.75, 3.05) is 23.3 Å². The lowest BCUT2D eigenvalue weighted by Gasteiger charge is -2.19. The molecule has 1 aromatic heterocycles. The summed E-state index contributed by atoms with van der Waals surface area (Å²) >= 11 is 0. The van der Waals surface area contributed by atoms with Crippen molar-refractivity contribution in [1.29, 1.82) is 0 Å². The Morgan fingerprint density at radius 3 is 2.55 bits per heavy atom. The number of para-hydroxylation sites is 2. The molecule has 29 heavy (non-hydrogen) atoms. The molecule has 0 spiro atoms. The second kappa shape index (κ2) is 7.92. The zero-order chi connectivity index (χ0) is 21.2. The predicted molar refractivity (Wildman–Crippen MR) is 111 cm³/mol. The first-order valence-electron chi connectivity index (χ1n) is 8.71. The van der Waals surface area contributed by atoms with Gasteiger partial charge in [-0.3, -0.25) is 14.3 Å². The van der Waals surface area contributed by atoms with Gasteiger partial charge in [0.1, 0.15) is 5.82 Å². The second-order valence-corrected chi connectivity index (χ2v) is 8.43. The number of hydrogen-bond acceptors (Lipinski definition) is 5. The van der Waals surface area contributed by atoms with Crippen LogP contribution in [0.5, 0.6) is 0 Å². The number of fused-ring (bicyclic) bond motifs is 1. The van der Waals surface area contributed by atoms with Crippen LogP contribution >= 0.6 is 0 Å². The van der Waals surface area contributed by atoms with E-state index in [0.717, 1.165) is 17.3 Å². The number of amides is 2. The van der Waals surface area contributed by atoms with Crippen molar-refractivity contribution in [2.24, 2.45) is 0 Å². The number of nitrogens with one attached hydrogen (secondary N) is 3. The maximum atomic E-state index is 13.0. The molecular weight excluding hydrogens is 394 g/mol. The predicted octanol–water partition coefficient (Wildman–Crippen LogP) is 2.17. The van der Waals surface area contributed by atoms with Gasteiger partial charge in [0, 0.05) is 19.7 Å². The summed E-state index contributed by atoms with van der Waals surface area (Å²) < 4.78 is 25.7. The minimum atomic E-state index is -3.60. The van der Waals surface area contributed by atoms with Crippen molar-refractivity contribution in [2.45, 2.75) is 13.5 Å². The number of aromatic nitrogens is 2. The molecule has 0 fully saturated rings. The first-order valence-corrected chi connectivity index (χ1v) is 10.6. The Balaban J connectivity index is 1.90. The van der Waals surface area contributed by atoms with Crippen LogP contribution in [0.3, 0.4) is 0 Å². The van der Waals surface area contributed by atoms with Gasteiger partial charge in [0.15, 0.2) is 0 Å². The Morgan fingerprint density at radius 1 is 1.17 bits per heavy atom. The summed E-state index contributed by atoms with van der Waals surface area (Å²) in [4.78, 5) is 33.4. The molecule has 0 radical (unpaired) electrons. The molecule has 152 valence electrons. The number of hydrogen-bond donors (Lipinski definition) is 3. The van der Waals surface area contributed by atoms with Gasteiger partial charge in [-0.05, 0) is 30.3 Å². The molecule has 0 saturated carbocycles. The molecule has 3 rings (SSSR count). The highest BCUT2D eigenvalue weighted by molar-refractivity contribution is 7.92. The first kappa shape index (κ1) is 20.3. The fourth-order valence-electron chi connectivity index (χ4n) is 2.87. The summed E-state index contributed by atoms with van der Waals surface area (Å²) in [6, 6.07) is 11.9. The summed E-state index contributed by atoms with van der Waals surface area (Å²) in [6.45, 7) is 1.54. The van der Waals surface area contributed by atoms with Gasteiger partial charge >= 0.3 is 0 Å². The van der Waals surface area contributed by atoms with Crippen LogP contribution in [-0.4, -0.2) is 48.4 Å². The maximum Gasteiger partial charge on any atom is 0.256 e. The van der Waals surface area contributed by atoms with E-state index < -0.39 is 15.9 Å². The molecule has 0 unspecified atom stereocenters. The Hall–Kier alpha value is -3.40. The van der Waals surface area contributed by atoms with Gasteiger partial charge in [0.25, 0.3) is 5.91 Å². The second-order valence-electron chi connectivity index (χ2n) is 6.68. The standard InChI is InChI=1S/C19H21N5O4S/c1-12(25)20-13-8-9-15(23-29(3,27)28)14(10-13)19(26)24(2)11-18-21-16-6-4-5-7-17(16)22-18/h4-10,23H,11H2,1-3H3,(H,20,25)(H,21,22). The molecule has 0 aliphatic heterocycles. The molecule has 1 heterocycles. The Bertz CT molecular complexity index is 1150. The van der Waals surface area contributed by atoms with Crippen LogP contribution in [0.1, 0.15) is 23.1 Å². The average molecular weight is 415 g/mol. The van der Waals surface area contributed by atoms with E-state index in [0.29, 0.717) is 11.5 Å². The summed E-state index contributed by atoms with van der Waals surface area (Å²) in [5.74, 6) is -0.135. The minimum absolute atomic E-state index is 0.111. The average Bonchev–Trinajstić information content (AvgIpc) is 3.03. The molecule has 10 heteroatoms. The van der Waals surface area contributed by atoms with Gasteiger partial charge in [-0.1, -0.05) is 12.1 Å². The number of benzene rings is 2. The smallest absolute Gasteiger partial charge is 0.256 e. The van der Waals surface area contributed by atoms with Gasteiger partial charge in [0.2, 0.25) is 15.9 Å². The molecule has 0 saturated heterocycles. The van der Waals surface area contributed by atoms with E-state index in [1.807, 2.05) is 24.3 Å². The fourth-order valence-corrected chi connectivity index (χ4v) is 3.45.